The second-order valence-corrected chi connectivity index (χ2v) is 6.85. The van der Waals surface area contributed by atoms with E-state index in [1.54, 1.807) is 35.7 Å². The van der Waals surface area contributed by atoms with Crippen LogP contribution in [0.25, 0.3) is 0 Å². The van der Waals surface area contributed by atoms with Crippen molar-refractivity contribution in [2.45, 2.75) is 18.0 Å². The smallest absolute Gasteiger partial charge is 0.212 e. The summed E-state index contributed by atoms with van der Waals surface area (Å²) < 4.78 is 20.2. The summed E-state index contributed by atoms with van der Waals surface area (Å²) in [6.45, 7) is 0. The molecule has 1 aliphatic rings. The molecule has 132 valence electrons. The third-order valence-corrected chi connectivity index (χ3v) is 5.11. The molecule has 0 N–H and O–H groups in total. The van der Waals surface area contributed by atoms with Gasteiger partial charge in [-0.2, -0.15) is 9.78 Å². The molecule has 0 radical (unpaired) electrons. The molecule has 2 heterocycles. The first-order chi connectivity index (χ1) is 12.7. The van der Waals surface area contributed by atoms with Crippen LogP contribution in [0.1, 0.15) is 17.0 Å². The molecule has 5 nitrogen and oxygen atoms in total. The lowest BCUT2D eigenvalue weighted by Crippen LogP contribution is -2.15. The number of hydrogen-bond acceptors (Lipinski definition) is 5. The third-order valence-electron chi connectivity index (χ3n) is 4.18. The average molecular weight is 368 g/mol. The predicted molar refractivity (Wildman–Crippen MR) is 99.5 cm³/mol. The van der Waals surface area contributed by atoms with Crippen LogP contribution in [0.3, 0.4) is 0 Å². The molecule has 26 heavy (non-hydrogen) atoms. The molecule has 0 bridgehead atoms. The summed E-state index contributed by atoms with van der Waals surface area (Å²) in [6, 6.07) is 14.4. The van der Waals surface area contributed by atoms with Gasteiger partial charge in [-0.3, -0.25) is 0 Å². The number of ether oxygens (including phenoxy) is 1. The summed E-state index contributed by atoms with van der Waals surface area (Å²) in [5.74, 6) is 2.11. The second kappa shape index (κ2) is 7.29. The largest absolute Gasteiger partial charge is 0.497 e. The number of nitrogens with zero attached hydrogens (tertiary/aromatic N) is 4. The van der Waals surface area contributed by atoms with Crippen LogP contribution < -0.4 is 4.74 Å². The number of hydrogen-bond donors (Lipinski definition) is 0. The molecule has 2 aromatic carbocycles. The quantitative estimate of drug-likeness (QED) is 0.691. The fraction of sp³-hybridized carbons (Fsp3) is 0.211. The van der Waals surface area contributed by atoms with Crippen molar-refractivity contribution < 1.29 is 9.13 Å². The van der Waals surface area contributed by atoms with Crippen LogP contribution in [0, 0.1) is 5.82 Å². The zero-order valence-electron chi connectivity index (χ0n) is 14.2. The van der Waals surface area contributed by atoms with Gasteiger partial charge in [-0.25, -0.2) is 4.39 Å². The van der Waals surface area contributed by atoms with Gasteiger partial charge in [0.2, 0.25) is 5.16 Å². The molecular formula is C19H17FN4OS. The van der Waals surface area contributed by atoms with Crippen molar-refractivity contribution in [2.75, 3.05) is 12.9 Å². The van der Waals surface area contributed by atoms with Crippen LogP contribution in [0.5, 0.6) is 5.75 Å². The van der Waals surface area contributed by atoms with Crippen molar-refractivity contribution in [1.29, 1.82) is 0 Å². The molecule has 0 saturated carbocycles. The van der Waals surface area contributed by atoms with Gasteiger partial charge in [0.25, 0.3) is 0 Å². The summed E-state index contributed by atoms with van der Waals surface area (Å²) in [5.41, 5.74) is 2.98. The Balaban J connectivity index is 1.55. The SMILES string of the molecule is COc1cccc(CCc2nnc3n2N=C(c2ccc(F)cc2)CS3)c1. The van der Waals surface area contributed by atoms with Crippen LogP contribution in [0.4, 0.5) is 4.39 Å². The first kappa shape index (κ1) is 16.8. The van der Waals surface area contributed by atoms with Gasteiger partial charge in [-0.15, -0.1) is 10.2 Å². The molecule has 0 amide bonds. The minimum absolute atomic E-state index is 0.248. The number of rotatable bonds is 5. The normalized spacial score (nSPS) is 13.2. The Morgan fingerprint density at radius 1 is 1.12 bits per heavy atom. The van der Waals surface area contributed by atoms with Crippen molar-refractivity contribution in [1.82, 2.24) is 14.9 Å². The van der Waals surface area contributed by atoms with Crippen molar-refractivity contribution in [3.05, 3.63) is 71.3 Å². The molecule has 7 heteroatoms. The summed E-state index contributed by atoms with van der Waals surface area (Å²) >= 11 is 1.59. The number of aromatic nitrogens is 3. The third kappa shape index (κ3) is 3.48. The van der Waals surface area contributed by atoms with Gasteiger partial charge in [0.1, 0.15) is 11.6 Å². The highest BCUT2D eigenvalue weighted by Crippen LogP contribution is 2.25. The van der Waals surface area contributed by atoms with Gasteiger partial charge >= 0.3 is 0 Å². The number of benzene rings is 2. The van der Waals surface area contributed by atoms with Gasteiger partial charge < -0.3 is 4.74 Å². The van der Waals surface area contributed by atoms with E-state index in [-0.39, 0.29) is 5.82 Å². The Morgan fingerprint density at radius 3 is 2.77 bits per heavy atom. The zero-order valence-corrected chi connectivity index (χ0v) is 15.0. The molecule has 1 aliphatic heterocycles. The Hall–Kier alpha value is -2.67. The first-order valence-electron chi connectivity index (χ1n) is 8.27. The monoisotopic (exact) mass is 368 g/mol. The number of fused-ring (bicyclic) bond motifs is 1. The fourth-order valence-corrected chi connectivity index (χ4v) is 3.65. The van der Waals surface area contributed by atoms with Crippen LogP contribution in [-0.2, 0) is 12.8 Å². The lowest BCUT2D eigenvalue weighted by atomic mass is 10.1. The molecule has 3 aromatic rings. The van der Waals surface area contributed by atoms with Gasteiger partial charge in [-0.05, 0) is 41.8 Å². The van der Waals surface area contributed by atoms with Crippen LogP contribution >= 0.6 is 11.8 Å². The molecule has 0 aliphatic carbocycles. The van der Waals surface area contributed by atoms with E-state index in [1.807, 2.05) is 18.2 Å². The Kier molecular flexibility index (Phi) is 4.71. The summed E-state index contributed by atoms with van der Waals surface area (Å²) in [5, 5.41) is 14.0. The van der Waals surface area contributed by atoms with Crippen LogP contribution in [-0.4, -0.2) is 33.4 Å². The maximum absolute atomic E-state index is 13.1. The second-order valence-electron chi connectivity index (χ2n) is 5.90. The summed E-state index contributed by atoms with van der Waals surface area (Å²) in [4.78, 5) is 0. The van der Waals surface area contributed by atoms with E-state index < -0.39 is 0 Å². The lowest BCUT2D eigenvalue weighted by Gasteiger charge is -2.14. The minimum Gasteiger partial charge on any atom is -0.497 e. The van der Waals surface area contributed by atoms with Gasteiger partial charge in [0, 0.05) is 12.2 Å². The van der Waals surface area contributed by atoms with Crippen molar-refractivity contribution >= 4 is 17.5 Å². The molecule has 0 fully saturated rings. The van der Waals surface area contributed by atoms with E-state index in [9.17, 15) is 4.39 Å². The number of halogens is 1. The average Bonchev–Trinajstić information content (AvgIpc) is 3.09. The maximum Gasteiger partial charge on any atom is 0.212 e. The highest BCUT2D eigenvalue weighted by Gasteiger charge is 2.19. The topological polar surface area (TPSA) is 52.3 Å². The van der Waals surface area contributed by atoms with E-state index >= 15 is 0 Å². The van der Waals surface area contributed by atoms with Gasteiger partial charge in [0.15, 0.2) is 5.82 Å². The minimum atomic E-state index is -0.248. The highest BCUT2D eigenvalue weighted by atomic mass is 32.2. The molecule has 0 atom stereocenters. The van der Waals surface area contributed by atoms with Crippen LogP contribution in [0.15, 0.2) is 58.8 Å². The van der Waals surface area contributed by atoms with E-state index in [2.05, 4.69) is 16.3 Å². The Morgan fingerprint density at radius 2 is 1.96 bits per heavy atom. The summed E-state index contributed by atoms with van der Waals surface area (Å²) in [7, 11) is 1.66. The maximum atomic E-state index is 13.1. The predicted octanol–water partition coefficient (Wildman–Crippen LogP) is 3.57. The van der Waals surface area contributed by atoms with E-state index in [0.717, 1.165) is 40.8 Å². The molecule has 0 saturated heterocycles. The Labute approximate surface area is 154 Å². The first-order valence-corrected chi connectivity index (χ1v) is 9.25. The number of aryl methyl sites for hydroxylation is 2. The standard InChI is InChI=1S/C19H17FN4OS/c1-25-16-4-2-3-13(11-16)5-10-18-21-22-19-24(18)23-17(12-26-19)14-6-8-15(20)9-7-14/h2-4,6-9,11H,5,10,12H2,1H3. The molecule has 4 rings (SSSR count). The fourth-order valence-electron chi connectivity index (χ4n) is 2.79. The van der Waals surface area contributed by atoms with E-state index in [1.165, 1.54) is 17.7 Å². The zero-order chi connectivity index (χ0) is 17.9. The van der Waals surface area contributed by atoms with E-state index in [0.29, 0.717) is 5.75 Å². The number of methoxy groups -OCH3 is 1. The van der Waals surface area contributed by atoms with Gasteiger partial charge in [0.05, 0.1) is 12.8 Å². The number of thioether (sulfide) groups is 1. The lowest BCUT2D eigenvalue weighted by molar-refractivity contribution is 0.414. The molecule has 1 aromatic heterocycles. The molecule has 0 spiro atoms. The van der Waals surface area contributed by atoms with Crippen molar-refractivity contribution in [3.63, 3.8) is 0 Å². The van der Waals surface area contributed by atoms with E-state index in [4.69, 9.17) is 9.84 Å². The summed E-state index contributed by atoms with van der Waals surface area (Å²) in [6.07, 6.45) is 1.54. The molecule has 0 unspecified atom stereocenters. The highest BCUT2D eigenvalue weighted by molar-refractivity contribution is 7.99. The van der Waals surface area contributed by atoms with Crippen molar-refractivity contribution in [3.8, 4) is 5.75 Å². The van der Waals surface area contributed by atoms with Crippen LogP contribution in [0.2, 0.25) is 0 Å². The van der Waals surface area contributed by atoms with Crippen molar-refractivity contribution in [2.24, 2.45) is 5.10 Å². The Bertz CT molecular complexity index is 952. The molecular weight excluding hydrogens is 351 g/mol. The van der Waals surface area contributed by atoms with Gasteiger partial charge in [-0.1, -0.05) is 36.0 Å².